The number of alkyl halides is 2. The van der Waals surface area contributed by atoms with E-state index in [0.717, 1.165) is 66.3 Å². The number of quaternary nitrogens is 1. The molecule has 0 aromatic heterocycles. The first-order chi connectivity index (χ1) is 17.9. The van der Waals surface area contributed by atoms with Crippen LogP contribution < -0.4 is 5.32 Å². The molecule has 2 aliphatic heterocycles. The second-order valence-corrected chi connectivity index (χ2v) is 21.2. The molecule has 5 unspecified atom stereocenters. The van der Waals surface area contributed by atoms with Gasteiger partial charge in [-0.1, -0.05) is 0 Å². The molecule has 6 rings (SSSR count). The molecule has 37 heavy (non-hydrogen) atoms. The van der Waals surface area contributed by atoms with Crippen molar-refractivity contribution in [2.45, 2.75) is 86.4 Å². The number of carbonyl (C=O) groups excluding carboxylic acids is 1. The molecule has 0 bridgehead atoms. The number of hydrogen-bond donors (Lipinski definition) is 1. The summed E-state index contributed by atoms with van der Waals surface area (Å²) >= 11 is -3.06. The molecule has 5 atom stereocenters. The summed E-state index contributed by atoms with van der Waals surface area (Å²) in [5, 5.41) is 2.33. The van der Waals surface area contributed by atoms with Gasteiger partial charge in [-0.3, -0.25) is 0 Å². The summed E-state index contributed by atoms with van der Waals surface area (Å²) in [6.07, 6.45) is 11.7. The van der Waals surface area contributed by atoms with Crippen LogP contribution in [0.3, 0.4) is 0 Å². The van der Waals surface area contributed by atoms with Gasteiger partial charge in [-0.15, -0.1) is 0 Å². The zero-order valence-electron chi connectivity index (χ0n) is 22.5. The number of carbonyl (C=O) groups is 1. The average Bonchev–Trinajstić information content (AvgIpc) is 3.32. The van der Waals surface area contributed by atoms with Crippen LogP contribution in [-0.2, 0) is 16.6 Å². The quantitative estimate of drug-likeness (QED) is 0.240. The Morgan fingerprint density at radius 2 is 1.86 bits per heavy atom. The fraction of sp³-hybridized carbons (Fsp3) is 0.576. The van der Waals surface area contributed by atoms with E-state index in [1.54, 1.807) is 6.07 Å². The monoisotopic (exact) mass is 616 g/mol. The zero-order chi connectivity index (χ0) is 25.6. The standard InChI is InChI=1S/C33H43FINO/c1-23-18-27-14-9-16-33(31(27)29(34)19-23)22-36-21-28(33)32(37)35(2)17-15-26(24-10-5-3-6-11-24)20-30(35)25-12-7-4-8-13-25/h3,5-6,10-11,18-19,25-26,28,30,36H,2,4,7-9,12-17,20-22H2,1H3/p+1. The first kappa shape index (κ1) is 25.9. The van der Waals surface area contributed by atoms with Gasteiger partial charge in [0.1, 0.15) is 0 Å². The second kappa shape index (κ2) is 10.3. The third kappa shape index (κ3) is 4.48. The molecule has 2 aromatic carbocycles. The van der Waals surface area contributed by atoms with Gasteiger partial charge in [0.15, 0.2) is 0 Å². The zero-order valence-corrected chi connectivity index (χ0v) is 24.6. The summed E-state index contributed by atoms with van der Waals surface area (Å²) in [6, 6.07) is 14.9. The van der Waals surface area contributed by atoms with Gasteiger partial charge in [0, 0.05) is 0 Å². The molecule has 4 heteroatoms. The second-order valence-electron chi connectivity index (χ2n) is 12.5. The predicted molar refractivity (Wildman–Crippen MR) is 161 cm³/mol. The van der Waals surface area contributed by atoms with Crippen molar-refractivity contribution in [3.63, 3.8) is 0 Å². The SMILES string of the molecule is C=I1(C(=O)C2C[NH2+]CC23CCCc2cc(C)cc(F)c23)CCC(c2ccccc2)CC1C1CCCCC1. The molecule has 1 spiro atoms. The van der Waals surface area contributed by atoms with Gasteiger partial charge >= 0.3 is 227 Å². The van der Waals surface area contributed by atoms with Crippen LogP contribution in [0, 0.1) is 24.6 Å². The van der Waals surface area contributed by atoms with E-state index < -0.39 is 18.0 Å². The maximum absolute atomic E-state index is 15.7. The molecule has 2 saturated heterocycles. The van der Waals surface area contributed by atoms with Crippen LogP contribution in [-0.4, -0.2) is 29.7 Å². The van der Waals surface area contributed by atoms with Crippen LogP contribution in [0.25, 0.3) is 0 Å². The fourth-order valence-electron chi connectivity index (χ4n) is 8.60. The van der Waals surface area contributed by atoms with Crippen molar-refractivity contribution in [2.75, 3.05) is 17.5 Å². The summed E-state index contributed by atoms with van der Waals surface area (Å²) in [5.74, 6) is 1.10. The number of nitrogens with two attached hydrogens (primary N) is 1. The topological polar surface area (TPSA) is 33.7 Å². The molecule has 2 N–H and O–H groups in total. The van der Waals surface area contributed by atoms with Gasteiger partial charge in [0.2, 0.25) is 0 Å². The molecule has 2 aliphatic carbocycles. The molecule has 2 heterocycles. The number of aryl methyl sites for hydroxylation is 2. The first-order valence-corrected chi connectivity index (χ1v) is 20.1. The van der Waals surface area contributed by atoms with E-state index in [4.69, 9.17) is 4.51 Å². The Labute approximate surface area is 226 Å². The van der Waals surface area contributed by atoms with Crippen molar-refractivity contribution in [2.24, 2.45) is 11.8 Å². The van der Waals surface area contributed by atoms with Gasteiger partial charge < -0.3 is 0 Å². The van der Waals surface area contributed by atoms with E-state index in [2.05, 4.69) is 41.7 Å². The van der Waals surface area contributed by atoms with Gasteiger partial charge in [0.25, 0.3) is 0 Å². The molecule has 0 amide bonds. The fourth-order valence-corrected chi connectivity index (χ4v) is 19.2. The minimum absolute atomic E-state index is 0.0583. The van der Waals surface area contributed by atoms with E-state index in [0.29, 0.717) is 19.6 Å². The van der Waals surface area contributed by atoms with Gasteiger partial charge in [-0.2, -0.15) is 0 Å². The van der Waals surface area contributed by atoms with Crippen molar-refractivity contribution in [1.82, 2.24) is 0 Å². The molecule has 0 radical (unpaired) electrons. The Hall–Kier alpha value is -1.40. The van der Waals surface area contributed by atoms with E-state index >= 15 is 4.39 Å². The van der Waals surface area contributed by atoms with Crippen LogP contribution in [0.4, 0.5) is 4.39 Å². The van der Waals surface area contributed by atoms with Gasteiger partial charge in [-0.05, 0) is 0 Å². The van der Waals surface area contributed by atoms with E-state index in [1.807, 2.05) is 6.92 Å². The normalized spacial score (nSPS) is 36.1. The molecule has 200 valence electrons. The Bertz CT molecular complexity index is 1200. The predicted octanol–water partition coefficient (Wildman–Crippen LogP) is 6.43. The Kier molecular flexibility index (Phi) is 7.19. The summed E-state index contributed by atoms with van der Waals surface area (Å²) < 4.78 is 22.8. The molecular weight excluding hydrogens is 572 g/mol. The number of fused-ring (bicyclic) bond motifs is 2. The van der Waals surface area contributed by atoms with Crippen LogP contribution in [0.15, 0.2) is 42.5 Å². The van der Waals surface area contributed by atoms with E-state index in [1.165, 1.54) is 37.7 Å². The summed E-state index contributed by atoms with van der Waals surface area (Å²) in [6.45, 7) is 3.67. The van der Waals surface area contributed by atoms with Gasteiger partial charge in [0.05, 0.1) is 0 Å². The van der Waals surface area contributed by atoms with Crippen LogP contribution in [0.1, 0.15) is 86.0 Å². The third-order valence-corrected chi connectivity index (χ3v) is 20.4. The molecule has 3 fully saturated rings. The van der Waals surface area contributed by atoms with Crippen molar-refractivity contribution in [3.8, 4) is 0 Å². The number of rotatable bonds is 4. The molecular formula is C33H44FINO+. The average molecular weight is 617 g/mol. The first-order valence-electron chi connectivity index (χ1n) is 14.7. The van der Waals surface area contributed by atoms with Gasteiger partial charge in [-0.25, -0.2) is 0 Å². The number of benzene rings is 2. The Balaban J connectivity index is 1.37. The maximum atomic E-state index is 15.7. The van der Waals surface area contributed by atoms with Crippen molar-refractivity contribution >= 4 is 26.3 Å². The number of halogens is 2. The van der Waals surface area contributed by atoms with Crippen LogP contribution in [0.2, 0.25) is 0 Å². The molecule has 1 saturated carbocycles. The van der Waals surface area contributed by atoms with E-state index in [-0.39, 0.29) is 17.2 Å². The molecule has 2 aromatic rings. The molecule has 2 nitrogen and oxygen atoms in total. The third-order valence-electron chi connectivity index (χ3n) is 10.4. The number of hydrogen-bond acceptors (Lipinski definition) is 1. The minimum atomic E-state index is -3.06. The summed E-state index contributed by atoms with van der Waals surface area (Å²) in [7, 11) is 0. The van der Waals surface area contributed by atoms with Crippen molar-refractivity contribution in [1.29, 1.82) is 0 Å². The molecule has 4 aliphatic rings. The Morgan fingerprint density at radius 1 is 1.08 bits per heavy atom. The van der Waals surface area contributed by atoms with Crippen LogP contribution >= 0.6 is 18.0 Å². The summed E-state index contributed by atoms with van der Waals surface area (Å²) in [4.78, 5) is 15.0. The van der Waals surface area contributed by atoms with Crippen LogP contribution in [0.5, 0.6) is 0 Å². The van der Waals surface area contributed by atoms with Crippen molar-refractivity contribution < 1.29 is 14.5 Å². The summed E-state index contributed by atoms with van der Waals surface area (Å²) in [5.41, 5.74) is 4.18. The Morgan fingerprint density at radius 3 is 2.65 bits per heavy atom. The van der Waals surface area contributed by atoms with E-state index in [9.17, 15) is 4.79 Å². The van der Waals surface area contributed by atoms with Crippen molar-refractivity contribution in [3.05, 3.63) is 70.5 Å².